The van der Waals surface area contributed by atoms with Crippen LogP contribution in [0.3, 0.4) is 0 Å². The number of amides is 1. The Balaban J connectivity index is 1.49. The number of nitrogens with zero attached hydrogens (tertiary/aromatic N) is 2. The summed E-state index contributed by atoms with van der Waals surface area (Å²) in [4.78, 5) is 38.8. The Bertz CT molecular complexity index is 1510. The van der Waals surface area contributed by atoms with Crippen molar-refractivity contribution in [2.45, 2.75) is 6.42 Å². The Hall–Kier alpha value is -3.85. The van der Waals surface area contributed by atoms with E-state index in [4.69, 9.17) is 23.9 Å². The number of carbonyl (C=O) groups excluding carboxylic acids is 1. The van der Waals surface area contributed by atoms with Crippen molar-refractivity contribution in [3.8, 4) is 11.4 Å². The van der Waals surface area contributed by atoms with Crippen molar-refractivity contribution in [3.05, 3.63) is 70.0 Å². The zero-order valence-corrected chi connectivity index (χ0v) is 16.7. The monoisotopic (exact) mass is 429 g/mol. The Kier molecular flexibility index (Phi) is 4.60. The largest absolute Gasteiger partial charge is 0.449 e. The molecule has 2 radical (unpaired) electrons. The van der Waals surface area contributed by atoms with Crippen LogP contribution in [0, 0.1) is 0 Å². The third-order valence-electron chi connectivity index (χ3n) is 4.76. The fourth-order valence-electron chi connectivity index (χ4n) is 3.34. The molecule has 0 atom stereocenters. The van der Waals surface area contributed by atoms with Crippen LogP contribution in [-0.4, -0.2) is 33.7 Å². The lowest BCUT2D eigenvalue weighted by Gasteiger charge is -2.08. The van der Waals surface area contributed by atoms with Crippen molar-refractivity contribution in [1.29, 1.82) is 0 Å². The number of carbonyl (C=O) groups is 1. The van der Waals surface area contributed by atoms with Gasteiger partial charge in [0.15, 0.2) is 0 Å². The summed E-state index contributed by atoms with van der Waals surface area (Å²) >= 11 is 6.44. The van der Waals surface area contributed by atoms with Gasteiger partial charge in [-0.1, -0.05) is 29.2 Å². The van der Waals surface area contributed by atoms with Gasteiger partial charge in [0.2, 0.25) is 11.5 Å². The van der Waals surface area contributed by atoms with E-state index >= 15 is 0 Å². The first-order valence-electron chi connectivity index (χ1n) is 9.27. The van der Waals surface area contributed by atoms with E-state index < -0.39 is 5.56 Å². The highest BCUT2D eigenvalue weighted by atomic mass is 35.5. The summed E-state index contributed by atoms with van der Waals surface area (Å²) in [6.45, 7) is 0. The van der Waals surface area contributed by atoms with E-state index in [9.17, 15) is 9.59 Å². The highest BCUT2D eigenvalue weighted by Crippen LogP contribution is 2.30. The molecule has 0 aliphatic heterocycles. The molecule has 10 heteroatoms. The van der Waals surface area contributed by atoms with E-state index in [1.54, 1.807) is 42.6 Å². The van der Waals surface area contributed by atoms with E-state index in [1.165, 1.54) is 6.33 Å². The van der Waals surface area contributed by atoms with Gasteiger partial charge in [0.1, 0.15) is 24.8 Å². The second kappa shape index (κ2) is 7.44. The number of benzene rings is 2. The van der Waals surface area contributed by atoms with Gasteiger partial charge in [0, 0.05) is 28.5 Å². The second-order valence-corrected chi connectivity index (χ2v) is 7.35. The predicted molar refractivity (Wildman–Crippen MR) is 119 cm³/mol. The first-order valence-corrected chi connectivity index (χ1v) is 9.65. The standard InChI is InChI=1S/C21H13BClN5O3/c22-10-1-4-16-14(5-10)18-19(31-16)21(30)28-20(27-18)13-3-2-11(6-15(13)23)26-17(29)7-12-8-24-9-25-12/h1-6,8-9H,7H2,(H,24,25)(H,26,29)(H,27,28,30). The number of imidazole rings is 1. The van der Waals surface area contributed by atoms with Crippen LogP contribution in [0.15, 0.2) is 58.1 Å². The van der Waals surface area contributed by atoms with Crippen LogP contribution in [0.5, 0.6) is 0 Å². The number of fused-ring (bicyclic) bond motifs is 3. The molecular weight excluding hydrogens is 417 g/mol. The van der Waals surface area contributed by atoms with Crippen molar-refractivity contribution < 1.29 is 9.21 Å². The maximum absolute atomic E-state index is 12.6. The first-order chi connectivity index (χ1) is 15.0. The summed E-state index contributed by atoms with van der Waals surface area (Å²) in [6, 6.07) is 10.0. The highest BCUT2D eigenvalue weighted by Gasteiger charge is 2.16. The average molecular weight is 430 g/mol. The molecule has 0 saturated carbocycles. The summed E-state index contributed by atoms with van der Waals surface area (Å²) in [7, 11) is 5.87. The van der Waals surface area contributed by atoms with Crippen molar-refractivity contribution >= 4 is 58.6 Å². The molecule has 0 bridgehead atoms. The van der Waals surface area contributed by atoms with Crippen LogP contribution in [0.4, 0.5) is 5.69 Å². The van der Waals surface area contributed by atoms with E-state index in [-0.39, 0.29) is 23.7 Å². The van der Waals surface area contributed by atoms with Gasteiger partial charge < -0.3 is 19.7 Å². The van der Waals surface area contributed by atoms with Crippen LogP contribution in [0.25, 0.3) is 33.5 Å². The normalized spacial score (nSPS) is 11.3. The molecule has 31 heavy (non-hydrogen) atoms. The number of aromatic amines is 2. The predicted octanol–water partition coefficient (Wildman–Crippen LogP) is 2.69. The Morgan fingerprint density at radius 2 is 2.10 bits per heavy atom. The topological polar surface area (TPSA) is 117 Å². The molecule has 150 valence electrons. The summed E-state index contributed by atoms with van der Waals surface area (Å²) < 4.78 is 5.62. The summed E-state index contributed by atoms with van der Waals surface area (Å²) in [6.07, 6.45) is 3.25. The highest BCUT2D eigenvalue weighted by molar-refractivity contribution is 6.34. The summed E-state index contributed by atoms with van der Waals surface area (Å²) in [5, 5.41) is 3.73. The van der Waals surface area contributed by atoms with E-state index in [0.717, 1.165) is 0 Å². The number of aromatic nitrogens is 4. The lowest BCUT2D eigenvalue weighted by atomic mass is 9.95. The van der Waals surface area contributed by atoms with Crippen molar-refractivity contribution in [3.63, 3.8) is 0 Å². The Morgan fingerprint density at radius 3 is 2.87 bits per heavy atom. The van der Waals surface area contributed by atoms with E-state index in [2.05, 4.69) is 25.3 Å². The number of hydrogen-bond donors (Lipinski definition) is 3. The van der Waals surface area contributed by atoms with E-state index in [1.807, 2.05) is 0 Å². The smallest absolute Gasteiger partial charge is 0.294 e. The fourth-order valence-corrected chi connectivity index (χ4v) is 3.61. The van der Waals surface area contributed by atoms with Crippen LogP contribution >= 0.6 is 11.6 Å². The molecule has 5 rings (SSSR count). The van der Waals surface area contributed by atoms with Crippen LogP contribution in [-0.2, 0) is 11.2 Å². The molecule has 0 unspecified atom stereocenters. The minimum Gasteiger partial charge on any atom is -0.449 e. The number of nitrogens with one attached hydrogen (secondary N) is 3. The van der Waals surface area contributed by atoms with Crippen molar-refractivity contribution in [1.82, 2.24) is 19.9 Å². The van der Waals surface area contributed by atoms with Crippen LogP contribution in [0.1, 0.15) is 5.69 Å². The number of halogens is 1. The molecule has 0 aliphatic carbocycles. The lowest BCUT2D eigenvalue weighted by Crippen LogP contribution is -2.14. The second-order valence-electron chi connectivity index (χ2n) is 6.95. The van der Waals surface area contributed by atoms with Gasteiger partial charge in [-0.25, -0.2) is 9.97 Å². The molecule has 8 nitrogen and oxygen atoms in total. The Labute approximate surface area is 181 Å². The van der Waals surface area contributed by atoms with Gasteiger partial charge in [-0.15, -0.1) is 0 Å². The average Bonchev–Trinajstić information content (AvgIpc) is 3.36. The van der Waals surface area contributed by atoms with Gasteiger partial charge in [0.25, 0.3) is 5.56 Å². The number of furan rings is 1. The molecule has 0 aliphatic rings. The van der Waals surface area contributed by atoms with Crippen LogP contribution < -0.4 is 16.3 Å². The molecule has 5 aromatic rings. The third kappa shape index (κ3) is 3.59. The lowest BCUT2D eigenvalue weighted by molar-refractivity contribution is -0.115. The van der Waals surface area contributed by atoms with Crippen molar-refractivity contribution in [2.75, 3.05) is 5.32 Å². The van der Waals surface area contributed by atoms with E-state index in [0.29, 0.717) is 43.9 Å². The fraction of sp³-hybridized carbons (Fsp3) is 0.0476. The molecular formula is C21H13BClN5O3. The summed E-state index contributed by atoms with van der Waals surface area (Å²) in [5.41, 5.74) is 2.85. The third-order valence-corrected chi connectivity index (χ3v) is 5.07. The number of H-pyrrole nitrogens is 2. The minimum atomic E-state index is -0.428. The van der Waals surface area contributed by atoms with Gasteiger partial charge in [-0.05, 0) is 24.3 Å². The Morgan fingerprint density at radius 1 is 1.23 bits per heavy atom. The van der Waals surface area contributed by atoms with Crippen molar-refractivity contribution in [2.24, 2.45) is 0 Å². The maximum Gasteiger partial charge on any atom is 0.294 e. The molecule has 0 fully saturated rings. The minimum absolute atomic E-state index is 0.114. The molecule has 0 saturated heterocycles. The molecule has 2 aromatic carbocycles. The van der Waals surface area contributed by atoms with Gasteiger partial charge in [-0.3, -0.25) is 9.59 Å². The first kappa shape index (κ1) is 19.1. The van der Waals surface area contributed by atoms with Gasteiger partial charge in [-0.2, -0.15) is 0 Å². The van der Waals surface area contributed by atoms with Crippen LogP contribution in [0.2, 0.25) is 5.02 Å². The quantitative estimate of drug-likeness (QED) is 0.380. The maximum atomic E-state index is 12.6. The number of hydrogen-bond acceptors (Lipinski definition) is 5. The molecule has 0 spiro atoms. The number of anilines is 1. The SMILES string of the molecule is [B]c1ccc2oc3c(=O)[nH]c(-c4ccc(NC(=O)Cc5cnc[nH]5)cc4Cl)nc3c2c1. The van der Waals surface area contributed by atoms with Gasteiger partial charge >= 0.3 is 0 Å². The number of rotatable bonds is 4. The van der Waals surface area contributed by atoms with Gasteiger partial charge in [0.05, 0.1) is 17.8 Å². The summed E-state index contributed by atoms with van der Waals surface area (Å²) in [5.74, 6) is 0.0615. The zero-order chi connectivity index (χ0) is 21.5. The molecule has 1 amide bonds. The zero-order valence-electron chi connectivity index (χ0n) is 15.9. The molecule has 3 aromatic heterocycles. The molecule has 3 N–H and O–H groups in total. The molecule has 3 heterocycles.